The highest BCUT2D eigenvalue weighted by molar-refractivity contribution is 6.31. The smallest absolute Gasteiger partial charge is 0.130 e. The van der Waals surface area contributed by atoms with Gasteiger partial charge in [0.15, 0.2) is 0 Å². The molecule has 0 radical (unpaired) electrons. The minimum atomic E-state index is 0.454. The maximum absolute atomic E-state index is 6.06. The van der Waals surface area contributed by atoms with Gasteiger partial charge in [-0.1, -0.05) is 29.8 Å². The lowest BCUT2D eigenvalue weighted by atomic mass is 10.2. The van der Waals surface area contributed by atoms with Crippen molar-refractivity contribution in [3.05, 3.63) is 58.0 Å². The topological polar surface area (TPSA) is 34.4 Å². The number of ether oxygens (including phenoxy) is 1. The Morgan fingerprint density at radius 1 is 1.21 bits per heavy atom. The van der Waals surface area contributed by atoms with E-state index in [2.05, 4.69) is 5.32 Å². The first kappa shape index (κ1) is 14.1. The molecule has 102 valence electrons. The van der Waals surface area contributed by atoms with Gasteiger partial charge >= 0.3 is 0 Å². The number of nitrogens with one attached hydrogen (secondary N) is 1. The van der Waals surface area contributed by atoms with E-state index in [1.165, 1.54) is 5.56 Å². The third-order valence-electron chi connectivity index (χ3n) is 2.90. The second kappa shape index (κ2) is 6.75. The Morgan fingerprint density at radius 2 is 2.00 bits per heavy atom. The summed E-state index contributed by atoms with van der Waals surface area (Å²) in [6.07, 6.45) is 0. The largest absolute Gasteiger partial charge is 0.464 e. The van der Waals surface area contributed by atoms with Crippen LogP contribution in [0.5, 0.6) is 0 Å². The lowest BCUT2D eigenvalue weighted by Crippen LogP contribution is -2.04. The fraction of sp³-hybridized carbons (Fsp3) is 0.333. The lowest BCUT2D eigenvalue weighted by molar-refractivity contribution is 0.0924. The number of furan rings is 1. The van der Waals surface area contributed by atoms with Gasteiger partial charge in [-0.15, -0.1) is 0 Å². The van der Waals surface area contributed by atoms with Crippen LogP contribution in [0.4, 0.5) is 0 Å². The van der Waals surface area contributed by atoms with Crippen LogP contribution in [0.25, 0.3) is 0 Å². The number of rotatable bonds is 6. The van der Waals surface area contributed by atoms with Crippen molar-refractivity contribution >= 4 is 11.6 Å². The van der Waals surface area contributed by atoms with Crippen LogP contribution in [0.2, 0.25) is 5.02 Å². The van der Waals surface area contributed by atoms with Crippen molar-refractivity contribution in [3.63, 3.8) is 0 Å². The van der Waals surface area contributed by atoms with Crippen molar-refractivity contribution in [1.29, 1.82) is 0 Å². The van der Waals surface area contributed by atoms with Gasteiger partial charge in [0.05, 0.1) is 6.61 Å². The van der Waals surface area contributed by atoms with Crippen LogP contribution in [0, 0.1) is 6.92 Å². The number of benzene rings is 1. The van der Waals surface area contributed by atoms with Gasteiger partial charge in [0.25, 0.3) is 0 Å². The second-order valence-electron chi connectivity index (χ2n) is 4.41. The van der Waals surface area contributed by atoms with Crippen LogP contribution < -0.4 is 5.32 Å². The highest BCUT2D eigenvalue weighted by Gasteiger charge is 2.07. The first-order valence-corrected chi connectivity index (χ1v) is 6.62. The molecule has 0 unspecified atom stereocenters. The Morgan fingerprint density at radius 3 is 2.74 bits per heavy atom. The molecule has 0 fully saturated rings. The maximum Gasteiger partial charge on any atom is 0.130 e. The average Bonchev–Trinajstić information content (AvgIpc) is 2.73. The predicted molar refractivity (Wildman–Crippen MR) is 76.2 cm³/mol. The molecule has 0 saturated heterocycles. The molecular formula is C15H18ClNO2. The first-order chi connectivity index (χ1) is 9.20. The molecule has 0 aliphatic carbocycles. The molecule has 1 N–H and O–H groups in total. The van der Waals surface area contributed by atoms with Gasteiger partial charge in [-0.25, -0.2) is 0 Å². The molecule has 1 aromatic carbocycles. The van der Waals surface area contributed by atoms with Crippen LogP contribution in [0.15, 0.2) is 34.7 Å². The molecule has 0 atom stereocenters. The standard InChI is InChI=1S/C15H18ClNO2/c1-11-13(8-17-2)7-14(19-11)10-18-9-12-5-3-4-6-15(12)16/h3-7,17H,8-10H2,1-2H3. The van der Waals surface area contributed by atoms with E-state index in [0.29, 0.717) is 13.2 Å². The van der Waals surface area contributed by atoms with E-state index in [1.807, 2.05) is 44.3 Å². The molecule has 1 aromatic heterocycles. The summed E-state index contributed by atoms with van der Waals surface area (Å²) in [6.45, 7) is 3.71. The molecule has 0 aliphatic heterocycles. The second-order valence-corrected chi connectivity index (χ2v) is 4.82. The molecular weight excluding hydrogens is 262 g/mol. The van der Waals surface area contributed by atoms with E-state index in [0.717, 1.165) is 28.7 Å². The molecule has 4 heteroatoms. The normalized spacial score (nSPS) is 10.9. The summed E-state index contributed by atoms with van der Waals surface area (Å²) in [5, 5.41) is 3.84. The van der Waals surface area contributed by atoms with Crippen molar-refractivity contribution in [1.82, 2.24) is 5.32 Å². The molecule has 3 nitrogen and oxygen atoms in total. The molecule has 0 bridgehead atoms. The van der Waals surface area contributed by atoms with E-state index in [-0.39, 0.29) is 0 Å². The molecule has 0 spiro atoms. The van der Waals surface area contributed by atoms with E-state index < -0.39 is 0 Å². The zero-order chi connectivity index (χ0) is 13.7. The minimum Gasteiger partial charge on any atom is -0.464 e. The summed E-state index contributed by atoms with van der Waals surface area (Å²) >= 11 is 6.06. The Balaban J connectivity index is 1.89. The Kier molecular flexibility index (Phi) is 5.02. The average molecular weight is 280 g/mol. The van der Waals surface area contributed by atoms with Gasteiger partial charge in [-0.2, -0.15) is 0 Å². The summed E-state index contributed by atoms with van der Waals surface area (Å²) in [5.41, 5.74) is 2.15. The fourth-order valence-electron chi connectivity index (χ4n) is 1.90. The van der Waals surface area contributed by atoms with E-state index in [1.54, 1.807) is 0 Å². The summed E-state index contributed by atoms with van der Waals surface area (Å²) in [7, 11) is 1.92. The van der Waals surface area contributed by atoms with Crippen LogP contribution in [0.3, 0.4) is 0 Å². The van der Waals surface area contributed by atoms with Crippen LogP contribution >= 0.6 is 11.6 Å². The summed E-state index contributed by atoms with van der Waals surface area (Å²) in [5.74, 6) is 1.78. The number of halogens is 1. The molecule has 0 saturated carbocycles. The summed E-state index contributed by atoms with van der Waals surface area (Å²) < 4.78 is 11.3. The Labute approximate surface area is 118 Å². The van der Waals surface area contributed by atoms with Crippen LogP contribution in [-0.2, 0) is 24.5 Å². The number of hydrogen-bond donors (Lipinski definition) is 1. The summed E-state index contributed by atoms with van der Waals surface area (Å²) in [4.78, 5) is 0. The third kappa shape index (κ3) is 3.83. The SMILES string of the molecule is CNCc1cc(COCc2ccccc2Cl)oc1C. The third-order valence-corrected chi connectivity index (χ3v) is 3.27. The predicted octanol–water partition coefficient (Wildman–Crippen LogP) is 3.68. The molecule has 0 aliphatic rings. The van der Waals surface area contributed by atoms with Crippen molar-refractivity contribution in [2.75, 3.05) is 7.05 Å². The zero-order valence-electron chi connectivity index (χ0n) is 11.2. The van der Waals surface area contributed by atoms with Crippen molar-refractivity contribution in [2.24, 2.45) is 0 Å². The van der Waals surface area contributed by atoms with Crippen molar-refractivity contribution in [3.8, 4) is 0 Å². The van der Waals surface area contributed by atoms with Gasteiger partial charge in [0, 0.05) is 17.1 Å². The quantitative estimate of drug-likeness (QED) is 0.876. The summed E-state index contributed by atoms with van der Waals surface area (Å²) in [6, 6.07) is 9.71. The molecule has 2 aromatic rings. The van der Waals surface area contributed by atoms with Gasteiger partial charge < -0.3 is 14.5 Å². The molecule has 0 amide bonds. The number of hydrogen-bond acceptors (Lipinski definition) is 3. The van der Waals surface area contributed by atoms with Gasteiger partial charge in [-0.05, 0) is 31.7 Å². The van der Waals surface area contributed by atoms with Crippen LogP contribution in [0.1, 0.15) is 22.6 Å². The van der Waals surface area contributed by atoms with E-state index in [4.69, 9.17) is 20.8 Å². The maximum atomic E-state index is 6.06. The van der Waals surface area contributed by atoms with E-state index >= 15 is 0 Å². The monoisotopic (exact) mass is 279 g/mol. The van der Waals surface area contributed by atoms with Gasteiger partial charge in [0.2, 0.25) is 0 Å². The van der Waals surface area contributed by atoms with Gasteiger partial charge in [-0.3, -0.25) is 0 Å². The van der Waals surface area contributed by atoms with Crippen molar-refractivity contribution < 1.29 is 9.15 Å². The number of aryl methyl sites for hydroxylation is 1. The van der Waals surface area contributed by atoms with Crippen molar-refractivity contribution in [2.45, 2.75) is 26.7 Å². The Hall–Kier alpha value is -1.29. The first-order valence-electron chi connectivity index (χ1n) is 6.24. The fourth-order valence-corrected chi connectivity index (χ4v) is 2.09. The molecule has 1 heterocycles. The molecule has 19 heavy (non-hydrogen) atoms. The lowest BCUT2D eigenvalue weighted by Gasteiger charge is -2.04. The Bertz CT molecular complexity index is 537. The molecule has 2 rings (SSSR count). The van der Waals surface area contributed by atoms with Gasteiger partial charge in [0.1, 0.15) is 18.1 Å². The van der Waals surface area contributed by atoms with E-state index in [9.17, 15) is 0 Å². The highest BCUT2D eigenvalue weighted by Crippen LogP contribution is 2.18. The minimum absolute atomic E-state index is 0.454. The zero-order valence-corrected chi connectivity index (χ0v) is 12.0. The van der Waals surface area contributed by atoms with Crippen LogP contribution in [-0.4, -0.2) is 7.05 Å². The highest BCUT2D eigenvalue weighted by atomic mass is 35.5.